The van der Waals surface area contributed by atoms with Gasteiger partial charge in [0.25, 0.3) is 5.91 Å². The molecule has 1 aromatic carbocycles. The van der Waals surface area contributed by atoms with Gasteiger partial charge in [-0.05, 0) is 69.9 Å². The largest absolute Gasteiger partial charge is 0.509 e. The van der Waals surface area contributed by atoms with E-state index < -0.39 is 34.9 Å². The maximum absolute atomic E-state index is 13.5. The van der Waals surface area contributed by atoms with Crippen LogP contribution in [-0.2, 0) is 20.4 Å². The molecule has 0 saturated carbocycles. The molecule has 0 radical (unpaired) electrons. The summed E-state index contributed by atoms with van der Waals surface area (Å²) in [4.78, 5) is 29.6. The average Bonchev–Trinajstić information content (AvgIpc) is 3.37. The lowest BCUT2D eigenvalue weighted by Crippen LogP contribution is -2.44. The zero-order valence-corrected chi connectivity index (χ0v) is 22.7. The molecule has 3 rings (SSSR count). The Hall–Kier alpha value is -2.91. The van der Waals surface area contributed by atoms with E-state index >= 15 is 0 Å². The van der Waals surface area contributed by atoms with Gasteiger partial charge in [-0.1, -0.05) is 19.3 Å². The van der Waals surface area contributed by atoms with Crippen LogP contribution in [0.25, 0.3) is 0 Å². The third-order valence-corrected chi connectivity index (χ3v) is 7.44. The number of rotatable bonds is 10. The van der Waals surface area contributed by atoms with E-state index in [9.17, 15) is 22.8 Å². The zero-order chi connectivity index (χ0) is 28.1. The van der Waals surface area contributed by atoms with Crippen LogP contribution in [0.2, 0.25) is 0 Å². The third-order valence-electron chi connectivity index (χ3n) is 7.04. The number of carbonyl (C=O) groups excluding carboxylic acids is 2. The Kier molecular flexibility index (Phi) is 9.59. The summed E-state index contributed by atoms with van der Waals surface area (Å²) in [6.45, 7) is 5.63. The number of hydrogen-bond acceptors (Lipinski definition) is 7. The second-order valence-corrected chi connectivity index (χ2v) is 10.3. The molecule has 0 bridgehead atoms. The van der Waals surface area contributed by atoms with Crippen molar-refractivity contribution in [3.8, 4) is 6.07 Å². The Morgan fingerprint density at radius 2 is 1.84 bits per heavy atom. The van der Waals surface area contributed by atoms with Crippen molar-refractivity contribution in [1.82, 2.24) is 9.80 Å². The number of anilines is 1. The predicted octanol–water partition coefficient (Wildman–Crippen LogP) is 5.44. The van der Waals surface area contributed by atoms with E-state index in [2.05, 4.69) is 9.64 Å². The average molecular weight is 555 g/mol. The fourth-order valence-corrected chi connectivity index (χ4v) is 5.41. The molecular weight excluding hydrogens is 521 g/mol. The first-order chi connectivity index (χ1) is 17.9. The molecule has 12 heteroatoms. The maximum atomic E-state index is 13.5. The lowest BCUT2D eigenvalue weighted by atomic mass is 10.0. The summed E-state index contributed by atoms with van der Waals surface area (Å²) in [7, 11) is 1.29. The van der Waals surface area contributed by atoms with Gasteiger partial charge in [-0.2, -0.15) is 18.4 Å². The molecular formula is C26H33F3N4O4S. The molecule has 1 amide bonds. The van der Waals surface area contributed by atoms with Gasteiger partial charge in [-0.15, -0.1) is 0 Å². The highest BCUT2D eigenvalue weighted by Gasteiger charge is 2.49. The third kappa shape index (κ3) is 6.56. The van der Waals surface area contributed by atoms with Crippen LogP contribution < -0.4 is 4.90 Å². The molecule has 0 unspecified atom stereocenters. The van der Waals surface area contributed by atoms with Crippen molar-refractivity contribution >= 4 is 35.1 Å². The minimum absolute atomic E-state index is 0.00158. The van der Waals surface area contributed by atoms with Crippen LogP contribution in [0, 0.1) is 11.3 Å². The predicted molar refractivity (Wildman–Crippen MR) is 138 cm³/mol. The fourth-order valence-electron chi connectivity index (χ4n) is 4.90. The van der Waals surface area contributed by atoms with Gasteiger partial charge in [0.1, 0.15) is 5.54 Å². The van der Waals surface area contributed by atoms with Crippen molar-refractivity contribution in [2.45, 2.75) is 76.7 Å². The first-order valence-corrected chi connectivity index (χ1v) is 13.1. The standard InChI is InChI=1S/C26H33F3N4O4S/c1-25(2)22(34)33(19-12-11-18(17-30)20(16-19)26(27,28)29)23(38)32(25)15-8-6-4-5-7-13-31-14-9-10-21(31)37-24(35)36-3/h11-12,16,21H,4-10,13-15H2,1-3H3/t21-/m0/s1. The van der Waals surface area contributed by atoms with E-state index in [1.165, 1.54) is 13.2 Å². The zero-order valence-electron chi connectivity index (χ0n) is 21.8. The molecule has 2 saturated heterocycles. The number of nitrogens with zero attached hydrogens (tertiary/aromatic N) is 4. The Morgan fingerprint density at radius 1 is 1.18 bits per heavy atom. The Balaban J connectivity index is 1.51. The van der Waals surface area contributed by atoms with E-state index in [-0.39, 0.29) is 17.0 Å². The number of methoxy groups -OCH3 is 1. The summed E-state index contributed by atoms with van der Waals surface area (Å²) in [6.07, 6.45) is 0.743. The maximum Gasteiger partial charge on any atom is 0.509 e. The molecule has 0 N–H and O–H groups in total. The highest BCUT2D eigenvalue weighted by molar-refractivity contribution is 7.80. The van der Waals surface area contributed by atoms with E-state index in [1.54, 1.807) is 24.8 Å². The van der Waals surface area contributed by atoms with Gasteiger partial charge >= 0.3 is 12.3 Å². The van der Waals surface area contributed by atoms with Crippen molar-refractivity contribution in [3.05, 3.63) is 29.3 Å². The Morgan fingerprint density at radius 3 is 2.47 bits per heavy atom. The van der Waals surface area contributed by atoms with Gasteiger partial charge in [0, 0.05) is 19.6 Å². The second kappa shape index (κ2) is 12.3. The highest BCUT2D eigenvalue weighted by atomic mass is 32.1. The summed E-state index contributed by atoms with van der Waals surface area (Å²) in [6, 6.07) is 4.74. The van der Waals surface area contributed by atoms with Gasteiger partial charge in [-0.3, -0.25) is 14.6 Å². The summed E-state index contributed by atoms with van der Waals surface area (Å²) in [5.74, 6) is -0.408. The van der Waals surface area contributed by atoms with Crippen molar-refractivity contribution in [1.29, 1.82) is 5.26 Å². The monoisotopic (exact) mass is 554 g/mol. The molecule has 2 aliphatic rings. The summed E-state index contributed by atoms with van der Waals surface area (Å²) in [5.41, 5.74) is -2.61. The summed E-state index contributed by atoms with van der Waals surface area (Å²) >= 11 is 5.53. The van der Waals surface area contributed by atoms with Crippen LogP contribution in [0.5, 0.6) is 0 Å². The summed E-state index contributed by atoms with van der Waals surface area (Å²) < 4.78 is 50.3. The first-order valence-electron chi connectivity index (χ1n) is 12.7. The normalized spacial score (nSPS) is 19.7. The van der Waals surface area contributed by atoms with Crippen molar-refractivity contribution in [2.75, 3.05) is 31.6 Å². The summed E-state index contributed by atoms with van der Waals surface area (Å²) in [5, 5.41) is 9.22. The first kappa shape index (κ1) is 29.6. The van der Waals surface area contributed by atoms with Crippen LogP contribution in [0.3, 0.4) is 0 Å². The number of carbonyl (C=O) groups is 2. The molecule has 208 valence electrons. The Labute approximate surface area is 226 Å². The molecule has 0 spiro atoms. The minimum atomic E-state index is -4.73. The molecule has 2 aliphatic heterocycles. The number of likely N-dealkylation sites (tertiary alicyclic amines) is 1. The number of hydrogen-bond donors (Lipinski definition) is 0. The van der Waals surface area contributed by atoms with Crippen molar-refractivity contribution < 1.29 is 32.2 Å². The molecule has 38 heavy (non-hydrogen) atoms. The van der Waals surface area contributed by atoms with Gasteiger partial charge in [0.05, 0.1) is 30.0 Å². The van der Waals surface area contributed by atoms with Gasteiger partial charge in [0.2, 0.25) is 0 Å². The van der Waals surface area contributed by atoms with Gasteiger partial charge in [0.15, 0.2) is 11.3 Å². The van der Waals surface area contributed by atoms with Crippen LogP contribution >= 0.6 is 12.2 Å². The number of ether oxygens (including phenoxy) is 2. The minimum Gasteiger partial charge on any atom is -0.438 e. The van der Waals surface area contributed by atoms with Crippen LogP contribution in [0.15, 0.2) is 18.2 Å². The fraction of sp³-hybridized carbons (Fsp3) is 0.615. The van der Waals surface area contributed by atoms with Crippen molar-refractivity contribution in [3.63, 3.8) is 0 Å². The number of amides is 1. The smallest absolute Gasteiger partial charge is 0.438 e. The van der Waals surface area contributed by atoms with Gasteiger partial charge in [-0.25, -0.2) is 4.79 Å². The lowest BCUT2D eigenvalue weighted by molar-refractivity contribution is -0.137. The molecule has 0 aliphatic carbocycles. The van der Waals surface area contributed by atoms with E-state index in [4.69, 9.17) is 22.2 Å². The highest BCUT2D eigenvalue weighted by Crippen LogP contribution is 2.38. The molecule has 1 atom stereocenters. The van der Waals surface area contributed by atoms with Crippen molar-refractivity contribution in [2.24, 2.45) is 0 Å². The Bertz CT molecular complexity index is 1090. The van der Waals surface area contributed by atoms with Crippen LogP contribution in [-0.4, -0.2) is 65.5 Å². The second-order valence-electron chi connectivity index (χ2n) is 9.95. The van der Waals surface area contributed by atoms with Gasteiger partial charge < -0.3 is 14.4 Å². The number of nitriles is 1. The molecule has 2 heterocycles. The van der Waals surface area contributed by atoms with E-state index in [0.717, 1.165) is 75.1 Å². The van der Waals surface area contributed by atoms with E-state index in [1.807, 2.05) is 0 Å². The SMILES string of the molecule is COC(=O)O[C@H]1CCCN1CCCCCCCN1C(=S)N(c2ccc(C#N)c(C(F)(F)F)c2)C(=O)C1(C)C. The van der Waals surface area contributed by atoms with Crippen LogP contribution in [0.1, 0.15) is 69.9 Å². The molecule has 1 aromatic rings. The van der Waals surface area contributed by atoms with Crippen LogP contribution in [0.4, 0.5) is 23.7 Å². The number of unbranched alkanes of at least 4 members (excludes halogenated alkanes) is 4. The number of alkyl halides is 3. The molecule has 2 fully saturated rings. The quantitative estimate of drug-likeness (QED) is 0.215. The number of thiocarbonyl (C=S) groups is 1. The lowest BCUT2D eigenvalue weighted by Gasteiger charge is -2.29. The number of benzene rings is 1. The van der Waals surface area contributed by atoms with E-state index in [0.29, 0.717) is 6.54 Å². The molecule has 8 nitrogen and oxygen atoms in total. The topological polar surface area (TPSA) is 86.1 Å². The number of halogens is 3. The molecule has 0 aromatic heterocycles.